The van der Waals surface area contributed by atoms with Crippen LogP contribution < -0.4 is 5.32 Å². The van der Waals surface area contributed by atoms with Gasteiger partial charge in [0.2, 0.25) is 5.91 Å². The number of carbonyl (C=O) groups is 1. The van der Waals surface area contributed by atoms with Gasteiger partial charge in [0.15, 0.2) is 0 Å². The number of carbonyl (C=O) groups excluding carboxylic acids is 1. The Morgan fingerprint density at radius 2 is 2.11 bits per heavy atom. The molecule has 0 spiro atoms. The smallest absolute Gasteiger partial charge is 0.223 e. The summed E-state index contributed by atoms with van der Waals surface area (Å²) >= 11 is 0. The van der Waals surface area contributed by atoms with Crippen molar-refractivity contribution < 1.29 is 9.90 Å². The minimum absolute atomic E-state index is 0.118. The van der Waals surface area contributed by atoms with Gasteiger partial charge in [-0.3, -0.25) is 9.69 Å². The van der Waals surface area contributed by atoms with Crippen molar-refractivity contribution in [3.05, 3.63) is 0 Å². The minimum Gasteiger partial charge on any atom is -0.393 e. The average Bonchev–Trinajstić information content (AvgIpc) is 2.36. The van der Waals surface area contributed by atoms with Crippen LogP contribution in [0.3, 0.4) is 0 Å². The number of piperidine rings is 1. The fourth-order valence-electron chi connectivity index (χ4n) is 2.57. The summed E-state index contributed by atoms with van der Waals surface area (Å²) < 4.78 is 0. The van der Waals surface area contributed by atoms with Gasteiger partial charge in [0.05, 0.1) is 12.6 Å². The highest BCUT2D eigenvalue weighted by Crippen LogP contribution is 2.17. The molecular weight excluding hydrogens is 240 g/mol. The monoisotopic (exact) mass is 266 g/mol. The predicted molar refractivity (Wildman–Crippen MR) is 76.5 cm³/mol. The van der Waals surface area contributed by atoms with Crippen LogP contribution >= 0.6 is 0 Å². The first-order valence-electron chi connectivity index (χ1n) is 7.14. The van der Waals surface area contributed by atoms with Crippen molar-refractivity contribution in [1.82, 2.24) is 10.2 Å². The molecule has 4 heteroatoms. The van der Waals surface area contributed by atoms with Crippen molar-refractivity contribution in [2.24, 2.45) is 11.8 Å². The maximum atomic E-state index is 12.0. The van der Waals surface area contributed by atoms with Crippen molar-refractivity contribution in [3.8, 4) is 12.3 Å². The molecule has 1 saturated heterocycles. The highest BCUT2D eigenvalue weighted by molar-refractivity contribution is 5.78. The van der Waals surface area contributed by atoms with Crippen LogP contribution in [0.2, 0.25) is 0 Å². The fourth-order valence-corrected chi connectivity index (χ4v) is 2.57. The van der Waals surface area contributed by atoms with Crippen LogP contribution in [0, 0.1) is 24.2 Å². The van der Waals surface area contributed by atoms with Crippen molar-refractivity contribution in [1.29, 1.82) is 0 Å². The Hall–Kier alpha value is -1.05. The number of aliphatic hydroxyl groups excluding tert-OH is 1. The van der Waals surface area contributed by atoms with Crippen LogP contribution in [-0.4, -0.2) is 48.2 Å². The summed E-state index contributed by atoms with van der Waals surface area (Å²) in [5, 5.41) is 12.3. The SMILES string of the molecule is C#CCN1CCC(C(=O)NCC(C)CC(C)O)CC1. The van der Waals surface area contributed by atoms with Gasteiger partial charge in [-0.1, -0.05) is 12.8 Å². The topological polar surface area (TPSA) is 52.6 Å². The molecule has 1 aliphatic rings. The molecule has 0 aromatic heterocycles. The number of rotatable bonds is 6. The first kappa shape index (κ1) is 16.0. The largest absolute Gasteiger partial charge is 0.393 e. The molecule has 0 aliphatic carbocycles. The Morgan fingerprint density at radius 1 is 1.47 bits per heavy atom. The number of nitrogens with one attached hydrogen (secondary N) is 1. The molecule has 1 rings (SSSR count). The molecule has 2 atom stereocenters. The van der Waals surface area contributed by atoms with Crippen molar-refractivity contribution in [3.63, 3.8) is 0 Å². The number of amides is 1. The van der Waals surface area contributed by atoms with E-state index in [1.54, 1.807) is 6.92 Å². The zero-order chi connectivity index (χ0) is 14.3. The van der Waals surface area contributed by atoms with E-state index in [2.05, 4.69) is 16.1 Å². The molecule has 1 aliphatic heterocycles. The minimum atomic E-state index is -0.307. The molecule has 2 N–H and O–H groups in total. The van der Waals surface area contributed by atoms with Gasteiger partial charge in [0.25, 0.3) is 0 Å². The van der Waals surface area contributed by atoms with Gasteiger partial charge in [0, 0.05) is 12.5 Å². The van der Waals surface area contributed by atoms with Crippen molar-refractivity contribution in [2.45, 2.75) is 39.2 Å². The Kier molecular flexibility index (Phi) is 6.90. The van der Waals surface area contributed by atoms with E-state index in [-0.39, 0.29) is 17.9 Å². The molecule has 0 aromatic carbocycles. The lowest BCUT2D eigenvalue weighted by Gasteiger charge is -2.30. The standard InChI is InChI=1S/C15H26N2O2/c1-4-7-17-8-5-14(6-9-17)15(19)16-11-12(2)10-13(3)18/h1,12-14,18H,5-11H2,2-3H3,(H,16,19). The fraction of sp³-hybridized carbons (Fsp3) is 0.800. The number of aliphatic hydroxyl groups is 1. The lowest BCUT2D eigenvalue weighted by atomic mass is 9.95. The Morgan fingerprint density at radius 3 is 2.63 bits per heavy atom. The second-order valence-electron chi connectivity index (χ2n) is 5.69. The van der Waals surface area contributed by atoms with Gasteiger partial charge in [0.1, 0.15) is 0 Å². The van der Waals surface area contributed by atoms with Gasteiger partial charge >= 0.3 is 0 Å². The van der Waals surface area contributed by atoms with Crippen LogP contribution in [0.1, 0.15) is 33.1 Å². The maximum Gasteiger partial charge on any atom is 0.223 e. The lowest BCUT2D eigenvalue weighted by Crippen LogP contribution is -2.41. The molecule has 0 saturated carbocycles. The number of terminal acetylenes is 1. The predicted octanol–water partition coefficient (Wildman–Crippen LogP) is 0.855. The third-order valence-electron chi connectivity index (χ3n) is 3.64. The number of hydrogen-bond donors (Lipinski definition) is 2. The zero-order valence-electron chi connectivity index (χ0n) is 12.1. The quantitative estimate of drug-likeness (QED) is 0.701. The molecule has 2 unspecified atom stereocenters. The van der Waals surface area contributed by atoms with Crippen LogP contribution in [0.25, 0.3) is 0 Å². The van der Waals surface area contributed by atoms with Crippen molar-refractivity contribution >= 4 is 5.91 Å². The molecule has 0 aromatic rings. The van der Waals surface area contributed by atoms with E-state index in [1.807, 2.05) is 6.92 Å². The highest BCUT2D eigenvalue weighted by Gasteiger charge is 2.24. The number of nitrogens with zero attached hydrogens (tertiary/aromatic N) is 1. The molecule has 108 valence electrons. The van der Waals surface area contributed by atoms with E-state index in [9.17, 15) is 9.90 Å². The molecule has 1 fully saturated rings. The van der Waals surface area contributed by atoms with E-state index >= 15 is 0 Å². The number of hydrogen-bond acceptors (Lipinski definition) is 3. The summed E-state index contributed by atoms with van der Waals surface area (Å²) in [6.45, 7) is 6.97. The molecule has 19 heavy (non-hydrogen) atoms. The summed E-state index contributed by atoms with van der Waals surface area (Å²) in [7, 11) is 0. The first-order chi connectivity index (χ1) is 9.02. The Labute approximate surface area is 116 Å². The molecule has 4 nitrogen and oxygen atoms in total. The molecular formula is C15H26N2O2. The first-order valence-corrected chi connectivity index (χ1v) is 7.14. The van der Waals surface area contributed by atoms with Gasteiger partial charge in [-0.05, 0) is 45.2 Å². The van der Waals surface area contributed by atoms with E-state index < -0.39 is 0 Å². The third kappa shape index (κ3) is 6.09. The van der Waals surface area contributed by atoms with Crippen molar-refractivity contribution in [2.75, 3.05) is 26.2 Å². The van der Waals surface area contributed by atoms with E-state index in [0.29, 0.717) is 19.0 Å². The molecule has 1 amide bonds. The molecule has 0 bridgehead atoms. The van der Waals surface area contributed by atoms with Crippen LogP contribution in [-0.2, 0) is 4.79 Å². The molecule has 0 radical (unpaired) electrons. The van der Waals surface area contributed by atoms with E-state index in [1.165, 1.54) is 0 Å². The van der Waals surface area contributed by atoms with Gasteiger partial charge in [-0.25, -0.2) is 0 Å². The van der Waals surface area contributed by atoms with Crippen LogP contribution in [0.5, 0.6) is 0 Å². The van der Waals surface area contributed by atoms with E-state index in [0.717, 1.165) is 32.4 Å². The molecule has 1 heterocycles. The summed E-state index contributed by atoms with van der Waals surface area (Å²) in [5.74, 6) is 3.22. The van der Waals surface area contributed by atoms with Crippen LogP contribution in [0.15, 0.2) is 0 Å². The normalized spacial score (nSPS) is 20.5. The average molecular weight is 266 g/mol. The summed E-state index contributed by atoms with van der Waals surface area (Å²) in [4.78, 5) is 14.2. The van der Waals surface area contributed by atoms with Gasteiger partial charge < -0.3 is 10.4 Å². The summed E-state index contributed by atoms with van der Waals surface area (Å²) in [6, 6.07) is 0. The zero-order valence-corrected chi connectivity index (χ0v) is 12.1. The maximum absolute atomic E-state index is 12.0. The van der Waals surface area contributed by atoms with Crippen LogP contribution in [0.4, 0.5) is 0 Å². The summed E-state index contributed by atoms with van der Waals surface area (Å²) in [5.41, 5.74) is 0. The number of likely N-dealkylation sites (tertiary alicyclic amines) is 1. The summed E-state index contributed by atoms with van der Waals surface area (Å²) in [6.07, 6.45) is 7.47. The Bertz CT molecular complexity index is 315. The third-order valence-corrected chi connectivity index (χ3v) is 3.64. The second kappa shape index (κ2) is 8.19. The van der Waals surface area contributed by atoms with Gasteiger partial charge in [-0.2, -0.15) is 0 Å². The highest BCUT2D eigenvalue weighted by atomic mass is 16.3. The van der Waals surface area contributed by atoms with Gasteiger partial charge in [-0.15, -0.1) is 6.42 Å². The Balaban J connectivity index is 2.22. The van der Waals surface area contributed by atoms with E-state index in [4.69, 9.17) is 6.42 Å². The lowest BCUT2D eigenvalue weighted by molar-refractivity contribution is -0.126. The second-order valence-corrected chi connectivity index (χ2v) is 5.69.